The number of aromatic amines is 1. The lowest BCUT2D eigenvalue weighted by atomic mass is 10.1. The van der Waals surface area contributed by atoms with Crippen LogP contribution < -0.4 is 4.74 Å². The number of nitrogens with one attached hydrogen (secondary N) is 1. The average Bonchev–Trinajstić information content (AvgIpc) is 2.65. The fraction of sp³-hybridized carbons (Fsp3) is 0.182. The first-order valence-electron chi connectivity index (χ1n) is 4.59. The average molecular weight is 237 g/mol. The van der Waals surface area contributed by atoms with Crippen LogP contribution in [-0.2, 0) is 6.42 Å². The van der Waals surface area contributed by atoms with Gasteiger partial charge in [0.2, 0.25) is 0 Å². The van der Waals surface area contributed by atoms with Crippen molar-refractivity contribution in [3.05, 3.63) is 44.9 Å². The van der Waals surface area contributed by atoms with E-state index >= 15 is 0 Å². The number of rotatable bonds is 3. The molecule has 1 aromatic heterocycles. The number of H-pyrrole nitrogens is 1. The maximum atomic E-state index is 5.29. The summed E-state index contributed by atoms with van der Waals surface area (Å²) >= 11 is 6.65. The smallest absolute Gasteiger partial charge is 0.158 e. The number of methoxy groups -OCH3 is 1. The van der Waals surface area contributed by atoms with E-state index in [4.69, 9.17) is 17.0 Å². The van der Waals surface area contributed by atoms with Crippen molar-refractivity contribution in [1.29, 1.82) is 0 Å². The normalized spacial score (nSPS) is 10.2. The lowest BCUT2D eigenvalue weighted by Gasteiger charge is -2.05. The maximum absolute atomic E-state index is 5.29. The molecule has 15 heavy (non-hydrogen) atoms. The van der Waals surface area contributed by atoms with E-state index in [1.165, 1.54) is 10.4 Å². The Bertz CT molecular complexity index is 501. The lowest BCUT2D eigenvalue weighted by Crippen LogP contribution is -1.91. The van der Waals surface area contributed by atoms with E-state index in [0.717, 1.165) is 16.1 Å². The summed E-state index contributed by atoms with van der Waals surface area (Å²) in [6.45, 7) is 0. The molecule has 1 N–H and O–H groups in total. The van der Waals surface area contributed by atoms with E-state index in [2.05, 4.69) is 11.1 Å². The first-order valence-corrected chi connectivity index (χ1v) is 5.81. The molecule has 0 amide bonds. The Kier molecular flexibility index (Phi) is 3.18. The van der Waals surface area contributed by atoms with E-state index in [0.29, 0.717) is 0 Å². The van der Waals surface area contributed by atoms with Crippen LogP contribution in [0.4, 0.5) is 0 Å². The molecule has 0 fully saturated rings. The molecule has 2 rings (SSSR count). The number of benzene rings is 1. The largest absolute Gasteiger partial charge is 0.496 e. The zero-order valence-electron chi connectivity index (χ0n) is 8.32. The van der Waals surface area contributed by atoms with Crippen molar-refractivity contribution in [2.75, 3.05) is 7.11 Å². The van der Waals surface area contributed by atoms with Crippen LogP contribution in [0.2, 0.25) is 0 Å². The van der Waals surface area contributed by atoms with Gasteiger partial charge in [0.1, 0.15) is 5.75 Å². The topological polar surface area (TPSA) is 25.0 Å². The molecule has 0 bridgehead atoms. The molecule has 0 aliphatic rings. The number of hydrogen-bond donors (Lipinski definition) is 1. The third-order valence-corrected chi connectivity index (χ3v) is 3.33. The molecule has 0 aliphatic carbocycles. The van der Waals surface area contributed by atoms with E-state index < -0.39 is 0 Å². The molecule has 0 spiro atoms. The fourth-order valence-corrected chi connectivity index (χ4v) is 2.52. The minimum absolute atomic E-state index is 0.819. The monoisotopic (exact) mass is 237 g/mol. The zero-order valence-corrected chi connectivity index (χ0v) is 9.95. The molecule has 78 valence electrons. The summed E-state index contributed by atoms with van der Waals surface area (Å²) in [7, 11) is 1.69. The van der Waals surface area contributed by atoms with Gasteiger partial charge < -0.3 is 9.72 Å². The Balaban J connectivity index is 2.27. The van der Waals surface area contributed by atoms with Crippen LogP contribution in [0.15, 0.2) is 30.5 Å². The van der Waals surface area contributed by atoms with Crippen LogP contribution in [0.25, 0.3) is 0 Å². The van der Waals surface area contributed by atoms with Crippen LogP contribution in [0, 0.1) is 3.95 Å². The third kappa shape index (κ3) is 2.46. The lowest BCUT2D eigenvalue weighted by molar-refractivity contribution is 0.410. The van der Waals surface area contributed by atoms with Gasteiger partial charge in [0.05, 0.1) is 7.11 Å². The van der Waals surface area contributed by atoms with Crippen molar-refractivity contribution in [1.82, 2.24) is 4.98 Å². The number of aromatic nitrogens is 1. The zero-order chi connectivity index (χ0) is 10.7. The number of ether oxygens (including phenoxy) is 1. The summed E-state index contributed by atoms with van der Waals surface area (Å²) in [6.07, 6.45) is 2.82. The van der Waals surface area contributed by atoms with E-state index in [9.17, 15) is 0 Å². The molecule has 1 heterocycles. The predicted octanol–water partition coefficient (Wildman–Crippen LogP) is 3.41. The van der Waals surface area contributed by atoms with Gasteiger partial charge in [-0.15, -0.1) is 11.3 Å². The van der Waals surface area contributed by atoms with Crippen LogP contribution in [0.3, 0.4) is 0 Å². The third-order valence-electron chi connectivity index (χ3n) is 2.13. The summed E-state index contributed by atoms with van der Waals surface area (Å²) in [6, 6.07) is 8.04. The fourth-order valence-electron chi connectivity index (χ4n) is 1.44. The van der Waals surface area contributed by atoms with Gasteiger partial charge in [0.25, 0.3) is 0 Å². The Morgan fingerprint density at radius 1 is 1.40 bits per heavy atom. The van der Waals surface area contributed by atoms with E-state index in [-0.39, 0.29) is 0 Å². The van der Waals surface area contributed by atoms with Crippen molar-refractivity contribution < 1.29 is 4.74 Å². The van der Waals surface area contributed by atoms with E-state index in [1.807, 2.05) is 24.4 Å². The molecule has 0 saturated heterocycles. The summed E-state index contributed by atoms with van der Waals surface area (Å²) in [5, 5.41) is 0. The molecule has 0 saturated carbocycles. The van der Waals surface area contributed by atoms with Crippen molar-refractivity contribution in [3.8, 4) is 5.75 Å². The van der Waals surface area contributed by atoms with Crippen molar-refractivity contribution >= 4 is 23.6 Å². The second-order valence-corrected chi connectivity index (χ2v) is 4.94. The molecule has 0 unspecified atom stereocenters. The van der Waals surface area contributed by atoms with Crippen molar-refractivity contribution in [3.63, 3.8) is 0 Å². The highest BCUT2D eigenvalue weighted by Crippen LogP contribution is 2.22. The Hall–Kier alpha value is -1.13. The summed E-state index contributed by atoms with van der Waals surface area (Å²) in [5.74, 6) is 0.928. The molecule has 2 aromatic rings. The first-order chi connectivity index (χ1) is 7.29. The second kappa shape index (κ2) is 4.59. The molecule has 2 nitrogen and oxygen atoms in total. The minimum atomic E-state index is 0.819. The minimum Gasteiger partial charge on any atom is -0.496 e. The van der Waals surface area contributed by atoms with Crippen LogP contribution in [-0.4, -0.2) is 12.1 Å². The highest BCUT2D eigenvalue weighted by Gasteiger charge is 2.03. The molecular formula is C11H11NOS2. The Morgan fingerprint density at radius 2 is 2.20 bits per heavy atom. The highest BCUT2D eigenvalue weighted by molar-refractivity contribution is 7.73. The van der Waals surface area contributed by atoms with Crippen molar-refractivity contribution in [2.24, 2.45) is 0 Å². The first kappa shape index (κ1) is 10.4. The summed E-state index contributed by atoms with van der Waals surface area (Å²) in [5.41, 5.74) is 1.19. The van der Waals surface area contributed by atoms with Gasteiger partial charge in [0.15, 0.2) is 3.95 Å². The molecular weight excluding hydrogens is 226 g/mol. The van der Waals surface area contributed by atoms with Gasteiger partial charge in [-0.3, -0.25) is 0 Å². The summed E-state index contributed by atoms with van der Waals surface area (Å²) < 4.78 is 6.11. The van der Waals surface area contributed by atoms with Gasteiger partial charge in [-0.25, -0.2) is 0 Å². The molecule has 0 atom stereocenters. The van der Waals surface area contributed by atoms with Crippen LogP contribution in [0.1, 0.15) is 10.4 Å². The predicted molar refractivity (Wildman–Crippen MR) is 65.3 cm³/mol. The Labute approximate surface area is 97.6 Å². The number of thiazole rings is 1. The molecule has 0 aliphatic heterocycles. The van der Waals surface area contributed by atoms with Crippen molar-refractivity contribution in [2.45, 2.75) is 6.42 Å². The SMILES string of the molecule is COc1ccccc1Cc1c[nH]c(=S)s1. The maximum Gasteiger partial charge on any atom is 0.158 e. The highest BCUT2D eigenvalue weighted by atomic mass is 32.1. The molecule has 1 aromatic carbocycles. The molecule has 4 heteroatoms. The molecule has 0 radical (unpaired) electrons. The Morgan fingerprint density at radius 3 is 2.87 bits per heavy atom. The quantitative estimate of drug-likeness (QED) is 0.828. The van der Waals surface area contributed by atoms with E-state index in [1.54, 1.807) is 18.4 Å². The van der Waals surface area contributed by atoms with Crippen LogP contribution >= 0.6 is 23.6 Å². The van der Waals surface area contributed by atoms with Gasteiger partial charge in [-0.05, 0) is 23.8 Å². The second-order valence-electron chi connectivity index (χ2n) is 3.13. The van der Waals surface area contributed by atoms with Gasteiger partial charge in [0, 0.05) is 17.5 Å². The standard InChI is InChI=1S/C11H11NOS2/c1-13-10-5-3-2-4-8(10)6-9-7-12-11(14)15-9/h2-5,7H,6H2,1H3,(H,12,14). The number of para-hydroxylation sites is 1. The summed E-state index contributed by atoms with van der Waals surface area (Å²) in [4.78, 5) is 4.25. The van der Waals surface area contributed by atoms with Crippen LogP contribution in [0.5, 0.6) is 5.75 Å². The van der Waals surface area contributed by atoms with Gasteiger partial charge in [-0.2, -0.15) is 0 Å². The number of hydrogen-bond acceptors (Lipinski definition) is 3. The van der Waals surface area contributed by atoms with Gasteiger partial charge >= 0.3 is 0 Å². The van der Waals surface area contributed by atoms with Gasteiger partial charge in [-0.1, -0.05) is 18.2 Å².